The molecule has 0 bridgehead atoms. The van der Waals surface area contributed by atoms with Gasteiger partial charge in [-0.2, -0.15) is 5.26 Å². The number of carbonyl (C=O) groups excluding carboxylic acids is 1. The number of hydrogen-bond donors (Lipinski definition) is 4. The minimum atomic E-state index is -3.72. The zero-order valence-electron chi connectivity index (χ0n) is 16.1. The smallest absolute Gasteiger partial charge is 0.257 e. The van der Waals surface area contributed by atoms with Crippen molar-refractivity contribution in [3.8, 4) is 6.07 Å². The molecule has 1 atom stereocenters. The number of sulfonamides is 1. The first-order chi connectivity index (χ1) is 14.4. The molecule has 30 heavy (non-hydrogen) atoms. The van der Waals surface area contributed by atoms with Crippen LogP contribution in [0.4, 0.5) is 5.69 Å². The lowest BCUT2D eigenvalue weighted by Crippen LogP contribution is -2.50. The molecule has 8 nitrogen and oxygen atoms in total. The van der Waals surface area contributed by atoms with Crippen molar-refractivity contribution >= 4 is 53.9 Å². The van der Waals surface area contributed by atoms with Crippen molar-refractivity contribution < 1.29 is 13.2 Å². The highest BCUT2D eigenvalue weighted by Gasteiger charge is 2.21. The molecule has 1 unspecified atom stereocenters. The van der Waals surface area contributed by atoms with Crippen molar-refractivity contribution in [2.45, 2.75) is 6.04 Å². The van der Waals surface area contributed by atoms with Gasteiger partial charge in [0.15, 0.2) is 6.04 Å². The second-order valence-corrected chi connectivity index (χ2v) is 8.60. The Morgan fingerprint density at radius 2 is 1.63 bits per heavy atom. The fourth-order valence-corrected chi connectivity index (χ4v) is 4.33. The lowest BCUT2D eigenvalue weighted by molar-refractivity contribution is -0.117. The molecule has 0 fully saturated rings. The van der Waals surface area contributed by atoms with Gasteiger partial charge in [0, 0.05) is 11.1 Å². The third-order valence-electron chi connectivity index (χ3n) is 4.87. The van der Waals surface area contributed by atoms with E-state index in [1.54, 1.807) is 12.1 Å². The average molecular weight is 421 g/mol. The van der Waals surface area contributed by atoms with Gasteiger partial charge in [0.25, 0.3) is 5.91 Å². The van der Waals surface area contributed by atoms with E-state index in [1.165, 1.54) is 7.05 Å². The summed E-state index contributed by atoms with van der Waals surface area (Å²) >= 11 is 0. The van der Waals surface area contributed by atoms with Crippen LogP contribution in [0.15, 0.2) is 54.6 Å². The lowest BCUT2D eigenvalue weighted by Gasteiger charge is -2.16. The number of benzene rings is 4. The molecule has 152 valence electrons. The van der Waals surface area contributed by atoms with Crippen molar-refractivity contribution in [1.29, 1.82) is 5.26 Å². The van der Waals surface area contributed by atoms with Crippen LogP contribution in [0.3, 0.4) is 0 Å². The molecule has 0 saturated heterocycles. The molecule has 0 aliphatic heterocycles. The van der Waals surface area contributed by atoms with Crippen LogP contribution in [-0.2, 0) is 14.8 Å². The van der Waals surface area contributed by atoms with Gasteiger partial charge in [-0.25, -0.2) is 13.8 Å². The van der Waals surface area contributed by atoms with Gasteiger partial charge in [-0.05, 0) is 40.0 Å². The van der Waals surface area contributed by atoms with Crippen molar-refractivity contribution in [1.82, 2.24) is 15.6 Å². The molecular formula is C21H19N5O3S. The molecule has 1 amide bonds. The lowest BCUT2D eigenvalue weighted by atomic mass is 9.93. The standard InChI is InChI=1S/C21H19N5O3S/c1-23-12-30(28,29)26-25-18(11-22)21(27)24-17-10-8-15-6-5-13-3-2-4-14-7-9-16(17)20(15)19(13)14/h2-10,18,23,25-26H,12H2,1H3,(H,24,27). The van der Waals surface area contributed by atoms with Gasteiger partial charge in [-0.15, -0.1) is 4.83 Å². The number of hydrazine groups is 1. The molecule has 0 aliphatic carbocycles. The van der Waals surface area contributed by atoms with Crippen LogP contribution < -0.4 is 20.9 Å². The van der Waals surface area contributed by atoms with Crippen molar-refractivity contribution in [2.75, 3.05) is 18.2 Å². The minimum Gasteiger partial charge on any atom is -0.323 e. The van der Waals surface area contributed by atoms with E-state index in [9.17, 15) is 18.5 Å². The number of anilines is 1. The topological polar surface area (TPSA) is 123 Å². The summed E-state index contributed by atoms with van der Waals surface area (Å²) in [6, 6.07) is 18.2. The number of nitriles is 1. The predicted octanol–water partition coefficient (Wildman–Crippen LogP) is 2.02. The Hall–Kier alpha value is -3.29. The summed E-state index contributed by atoms with van der Waals surface area (Å²) in [4.78, 5) is 14.7. The SMILES string of the molecule is CNCS(=O)(=O)NNC(C#N)C(=O)Nc1ccc2ccc3cccc4ccc1c2c34. The molecule has 0 aliphatic rings. The number of nitrogens with one attached hydrogen (secondary N) is 4. The third-order valence-corrected chi connectivity index (χ3v) is 5.97. The van der Waals surface area contributed by atoms with Crippen LogP contribution in [0.5, 0.6) is 0 Å². The Balaban J connectivity index is 1.66. The molecule has 0 spiro atoms. The number of nitrogens with zero attached hydrogens (tertiary/aromatic N) is 1. The van der Waals surface area contributed by atoms with E-state index < -0.39 is 22.0 Å². The molecule has 0 aromatic heterocycles. The summed E-state index contributed by atoms with van der Waals surface area (Å²) in [5, 5.41) is 20.8. The number of rotatable bonds is 7. The molecule has 0 heterocycles. The van der Waals surface area contributed by atoms with E-state index >= 15 is 0 Å². The Labute approximate surface area is 173 Å². The van der Waals surface area contributed by atoms with Crippen LogP contribution in [0, 0.1) is 11.3 Å². The van der Waals surface area contributed by atoms with Gasteiger partial charge in [0.2, 0.25) is 10.0 Å². The van der Waals surface area contributed by atoms with E-state index in [4.69, 9.17) is 0 Å². The first kappa shape index (κ1) is 20.0. The van der Waals surface area contributed by atoms with Crippen LogP contribution in [0.2, 0.25) is 0 Å². The quantitative estimate of drug-likeness (QED) is 0.267. The largest absolute Gasteiger partial charge is 0.323 e. The monoisotopic (exact) mass is 421 g/mol. The number of carbonyl (C=O) groups is 1. The second kappa shape index (κ2) is 7.85. The summed E-state index contributed by atoms with van der Waals surface area (Å²) in [7, 11) is -2.24. The second-order valence-electron chi connectivity index (χ2n) is 6.88. The van der Waals surface area contributed by atoms with E-state index in [-0.39, 0.29) is 5.88 Å². The fourth-order valence-electron chi connectivity index (χ4n) is 3.58. The minimum absolute atomic E-state index is 0.352. The van der Waals surface area contributed by atoms with E-state index in [0.717, 1.165) is 32.3 Å². The molecule has 4 aromatic rings. The highest BCUT2D eigenvalue weighted by Crippen LogP contribution is 2.37. The van der Waals surface area contributed by atoms with Crippen molar-refractivity contribution in [2.24, 2.45) is 0 Å². The Morgan fingerprint density at radius 3 is 2.30 bits per heavy atom. The highest BCUT2D eigenvalue weighted by atomic mass is 32.2. The molecule has 9 heteroatoms. The van der Waals surface area contributed by atoms with Crippen molar-refractivity contribution in [3.63, 3.8) is 0 Å². The molecule has 4 N–H and O–H groups in total. The zero-order valence-corrected chi connectivity index (χ0v) is 16.9. The maximum absolute atomic E-state index is 12.6. The van der Waals surface area contributed by atoms with Crippen LogP contribution in [-0.4, -0.2) is 33.3 Å². The predicted molar refractivity (Wildman–Crippen MR) is 117 cm³/mol. The number of amides is 1. The van der Waals surface area contributed by atoms with E-state index in [1.807, 2.05) is 47.3 Å². The van der Waals surface area contributed by atoms with Gasteiger partial charge < -0.3 is 10.6 Å². The third kappa shape index (κ3) is 3.65. The normalized spacial score (nSPS) is 12.9. The van der Waals surface area contributed by atoms with Crippen LogP contribution >= 0.6 is 0 Å². The maximum Gasteiger partial charge on any atom is 0.257 e. The van der Waals surface area contributed by atoms with E-state index in [0.29, 0.717) is 5.69 Å². The zero-order chi connectivity index (χ0) is 21.3. The summed E-state index contributed by atoms with van der Waals surface area (Å²) in [5.41, 5.74) is 2.81. The van der Waals surface area contributed by atoms with Gasteiger partial charge in [-0.1, -0.05) is 48.5 Å². The number of hydrogen-bond acceptors (Lipinski definition) is 6. The summed E-state index contributed by atoms with van der Waals surface area (Å²) in [6.45, 7) is 0. The molecule has 4 aromatic carbocycles. The average Bonchev–Trinajstić information content (AvgIpc) is 2.73. The van der Waals surface area contributed by atoms with Crippen LogP contribution in [0.25, 0.3) is 32.3 Å². The Bertz CT molecular complexity index is 1380. The van der Waals surface area contributed by atoms with Gasteiger partial charge in [0.05, 0.1) is 6.07 Å². The van der Waals surface area contributed by atoms with Crippen molar-refractivity contribution in [3.05, 3.63) is 54.6 Å². The Morgan fingerprint density at radius 1 is 1.00 bits per heavy atom. The first-order valence-electron chi connectivity index (χ1n) is 9.20. The van der Waals surface area contributed by atoms with Gasteiger partial charge >= 0.3 is 0 Å². The van der Waals surface area contributed by atoms with Gasteiger partial charge in [-0.3, -0.25) is 4.79 Å². The van der Waals surface area contributed by atoms with E-state index in [2.05, 4.69) is 22.1 Å². The molecule has 0 radical (unpaired) electrons. The highest BCUT2D eigenvalue weighted by molar-refractivity contribution is 7.89. The molecule has 0 saturated carbocycles. The summed E-state index contributed by atoms with van der Waals surface area (Å²) in [6.07, 6.45) is 0. The molecule has 4 rings (SSSR count). The Kier molecular flexibility index (Phi) is 5.24. The first-order valence-corrected chi connectivity index (χ1v) is 10.9. The van der Waals surface area contributed by atoms with Crippen LogP contribution in [0.1, 0.15) is 0 Å². The molecular weight excluding hydrogens is 402 g/mol. The fraction of sp³-hybridized carbons (Fsp3) is 0.143. The summed E-state index contributed by atoms with van der Waals surface area (Å²) in [5.74, 6) is -1.02. The maximum atomic E-state index is 12.6. The summed E-state index contributed by atoms with van der Waals surface area (Å²) < 4.78 is 23.4. The van der Waals surface area contributed by atoms with Gasteiger partial charge in [0.1, 0.15) is 5.88 Å².